The molecule has 2 aromatic rings. The molecule has 4 nitrogen and oxygen atoms in total. The number of para-hydroxylation sites is 1. The molecule has 0 radical (unpaired) electrons. The Kier molecular flexibility index (Phi) is 5.06. The number of Topliss-reactive ketones (excluding diaryl/α,β-unsaturated/α-hetero) is 1. The Morgan fingerprint density at radius 3 is 2.43 bits per heavy atom. The molecule has 1 aliphatic heterocycles. The van der Waals surface area contributed by atoms with Crippen molar-refractivity contribution in [1.82, 2.24) is 5.32 Å². The van der Waals surface area contributed by atoms with E-state index in [1.165, 1.54) is 12.1 Å². The normalized spacial score (nSPS) is 22.9. The summed E-state index contributed by atoms with van der Waals surface area (Å²) >= 11 is 0. The molecule has 0 fully saturated rings. The van der Waals surface area contributed by atoms with Gasteiger partial charge in [-0.15, -0.1) is 0 Å². The second-order valence-electron chi connectivity index (χ2n) is 8.85. The summed E-state index contributed by atoms with van der Waals surface area (Å²) in [4.78, 5) is 26.5. The van der Waals surface area contributed by atoms with Gasteiger partial charge in [-0.05, 0) is 41.7 Å². The molecule has 0 aromatic heterocycles. The fourth-order valence-corrected chi connectivity index (χ4v) is 4.53. The van der Waals surface area contributed by atoms with Gasteiger partial charge in [-0.25, -0.2) is 4.39 Å². The van der Waals surface area contributed by atoms with Crippen molar-refractivity contribution in [3.63, 3.8) is 0 Å². The molecule has 1 heterocycles. The number of carbonyl (C=O) groups is 2. The van der Waals surface area contributed by atoms with Gasteiger partial charge in [0.25, 0.3) is 0 Å². The van der Waals surface area contributed by atoms with Gasteiger partial charge in [-0.3, -0.25) is 9.59 Å². The van der Waals surface area contributed by atoms with E-state index in [-0.39, 0.29) is 22.9 Å². The first kappa shape index (κ1) is 20.1. The monoisotopic (exact) mass is 404 g/mol. The van der Waals surface area contributed by atoms with E-state index in [2.05, 4.69) is 31.1 Å². The molecule has 0 spiro atoms. The Morgan fingerprint density at radius 1 is 1.10 bits per heavy atom. The lowest BCUT2D eigenvalue weighted by molar-refractivity contribution is -0.120. The van der Waals surface area contributed by atoms with Crippen molar-refractivity contribution in [1.29, 1.82) is 0 Å². The molecule has 4 rings (SSSR count). The van der Waals surface area contributed by atoms with Crippen LogP contribution < -0.4 is 10.6 Å². The van der Waals surface area contributed by atoms with Gasteiger partial charge in [0.15, 0.2) is 5.78 Å². The Hall–Kier alpha value is -3.21. The molecule has 154 valence electrons. The minimum absolute atomic E-state index is 0.0214. The standard InChI is InChI=1S/C25H25FN2O2/c1-15-21(24(30)28-18-7-5-4-6-8-18)22(16-9-11-17(26)12-10-16)23-19(27-15)13-25(2,3)14-20(23)29/h4-12,21-22,27H,1,13-14H2,2-3H3,(H,28,30). The summed E-state index contributed by atoms with van der Waals surface area (Å²) in [5.74, 6) is -1.80. The Bertz CT molecular complexity index is 1040. The summed E-state index contributed by atoms with van der Waals surface area (Å²) in [6, 6.07) is 15.2. The number of carbonyl (C=O) groups excluding carboxylic acids is 2. The van der Waals surface area contributed by atoms with Crippen molar-refractivity contribution in [2.45, 2.75) is 32.6 Å². The highest BCUT2D eigenvalue weighted by Gasteiger charge is 2.46. The first-order valence-corrected chi connectivity index (χ1v) is 10.1. The van der Waals surface area contributed by atoms with Gasteiger partial charge in [0.05, 0.1) is 5.92 Å². The Balaban J connectivity index is 1.79. The fourth-order valence-electron chi connectivity index (χ4n) is 4.53. The van der Waals surface area contributed by atoms with Crippen LogP contribution in [-0.2, 0) is 9.59 Å². The van der Waals surface area contributed by atoms with E-state index in [9.17, 15) is 14.0 Å². The number of nitrogens with one attached hydrogen (secondary N) is 2. The van der Waals surface area contributed by atoms with Crippen LogP contribution in [0.25, 0.3) is 0 Å². The van der Waals surface area contributed by atoms with Crippen LogP contribution in [0.1, 0.15) is 38.2 Å². The maximum atomic E-state index is 13.6. The summed E-state index contributed by atoms with van der Waals surface area (Å²) in [6.07, 6.45) is 1.10. The molecule has 0 bridgehead atoms. The van der Waals surface area contributed by atoms with E-state index in [0.717, 1.165) is 11.3 Å². The van der Waals surface area contributed by atoms with Crippen molar-refractivity contribution in [3.8, 4) is 0 Å². The van der Waals surface area contributed by atoms with E-state index in [1.807, 2.05) is 30.3 Å². The van der Waals surface area contributed by atoms with Crippen LogP contribution >= 0.6 is 0 Å². The molecule has 2 aliphatic rings. The molecular weight excluding hydrogens is 379 g/mol. The quantitative estimate of drug-likeness (QED) is 0.763. The van der Waals surface area contributed by atoms with Crippen molar-refractivity contribution >= 4 is 17.4 Å². The van der Waals surface area contributed by atoms with Gasteiger partial charge in [-0.1, -0.05) is 50.8 Å². The predicted octanol–water partition coefficient (Wildman–Crippen LogP) is 4.92. The summed E-state index contributed by atoms with van der Waals surface area (Å²) in [5, 5.41) is 6.19. The summed E-state index contributed by atoms with van der Waals surface area (Å²) in [6.45, 7) is 8.24. The average molecular weight is 404 g/mol. The minimum Gasteiger partial charge on any atom is -0.362 e. The minimum atomic E-state index is -0.695. The van der Waals surface area contributed by atoms with Crippen LogP contribution in [0.15, 0.2) is 78.1 Å². The fraction of sp³-hybridized carbons (Fsp3) is 0.280. The van der Waals surface area contributed by atoms with Crippen LogP contribution in [0.2, 0.25) is 0 Å². The van der Waals surface area contributed by atoms with Crippen LogP contribution in [0.4, 0.5) is 10.1 Å². The van der Waals surface area contributed by atoms with E-state index < -0.39 is 11.8 Å². The number of benzene rings is 2. The van der Waals surface area contributed by atoms with Gasteiger partial charge < -0.3 is 10.6 Å². The van der Waals surface area contributed by atoms with Crippen LogP contribution in [0.5, 0.6) is 0 Å². The number of rotatable bonds is 3. The highest BCUT2D eigenvalue weighted by atomic mass is 19.1. The third-order valence-electron chi connectivity index (χ3n) is 5.80. The smallest absolute Gasteiger partial charge is 0.234 e. The largest absolute Gasteiger partial charge is 0.362 e. The number of halogens is 1. The molecular formula is C25H25FN2O2. The Morgan fingerprint density at radius 2 is 1.77 bits per heavy atom. The zero-order valence-corrected chi connectivity index (χ0v) is 17.2. The van der Waals surface area contributed by atoms with E-state index in [1.54, 1.807) is 12.1 Å². The van der Waals surface area contributed by atoms with Crippen LogP contribution in [0, 0.1) is 17.2 Å². The average Bonchev–Trinajstić information content (AvgIpc) is 2.67. The molecule has 0 saturated carbocycles. The lowest BCUT2D eigenvalue weighted by Crippen LogP contribution is -2.44. The number of amides is 1. The second-order valence-corrected chi connectivity index (χ2v) is 8.85. The maximum Gasteiger partial charge on any atom is 0.234 e. The molecule has 2 aromatic carbocycles. The molecule has 5 heteroatoms. The lowest BCUT2D eigenvalue weighted by Gasteiger charge is -2.42. The molecule has 0 saturated heterocycles. The number of allylic oxidation sites excluding steroid dienone is 2. The summed E-state index contributed by atoms with van der Waals surface area (Å²) in [7, 11) is 0. The first-order valence-electron chi connectivity index (χ1n) is 10.1. The van der Waals surface area contributed by atoms with E-state index in [4.69, 9.17) is 0 Å². The van der Waals surface area contributed by atoms with E-state index in [0.29, 0.717) is 29.8 Å². The highest BCUT2D eigenvalue weighted by Crippen LogP contribution is 2.48. The van der Waals surface area contributed by atoms with Crippen molar-refractivity contribution < 1.29 is 14.0 Å². The van der Waals surface area contributed by atoms with Gasteiger partial charge in [0.2, 0.25) is 5.91 Å². The van der Waals surface area contributed by atoms with Gasteiger partial charge in [0, 0.05) is 35.0 Å². The Labute approximate surface area is 175 Å². The molecule has 1 aliphatic carbocycles. The zero-order valence-electron chi connectivity index (χ0n) is 17.2. The molecule has 2 atom stereocenters. The van der Waals surface area contributed by atoms with Crippen LogP contribution in [0.3, 0.4) is 0 Å². The molecule has 30 heavy (non-hydrogen) atoms. The number of hydrogen-bond acceptors (Lipinski definition) is 3. The van der Waals surface area contributed by atoms with Crippen molar-refractivity contribution in [3.05, 3.63) is 89.5 Å². The molecule has 2 unspecified atom stereocenters. The third-order valence-corrected chi connectivity index (χ3v) is 5.80. The number of hydrogen-bond donors (Lipinski definition) is 2. The van der Waals surface area contributed by atoms with Crippen molar-refractivity contribution in [2.75, 3.05) is 5.32 Å². The highest BCUT2D eigenvalue weighted by molar-refractivity contribution is 6.03. The SMILES string of the molecule is C=C1NC2=C(C(=O)CC(C)(C)C2)C(c2ccc(F)cc2)C1C(=O)Nc1ccccc1. The van der Waals surface area contributed by atoms with Gasteiger partial charge in [0.1, 0.15) is 5.82 Å². The second kappa shape index (κ2) is 7.56. The van der Waals surface area contributed by atoms with Gasteiger partial charge >= 0.3 is 0 Å². The molecule has 2 N–H and O–H groups in total. The van der Waals surface area contributed by atoms with Gasteiger partial charge in [-0.2, -0.15) is 0 Å². The summed E-state index contributed by atoms with van der Waals surface area (Å²) < 4.78 is 13.6. The van der Waals surface area contributed by atoms with Crippen molar-refractivity contribution in [2.24, 2.45) is 11.3 Å². The maximum absolute atomic E-state index is 13.6. The number of ketones is 1. The lowest BCUT2D eigenvalue weighted by atomic mass is 9.66. The predicted molar refractivity (Wildman–Crippen MR) is 115 cm³/mol. The third kappa shape index (κ3) is 3.80. The first-order chi connectivity index (χ1) is 14.2. The zero-order chi connectivity index (χ0) is 21.5. The number of anilines is 1. The van der Waals surface area contributed by atoms with E-state index >= 15 is 0 Å². The topological polar surface area (TPSA) is 58.2 Å². The van der Waals surface area contributed by atoms with Crippen LogP contribution in [-0.4, -0.2) is 11.7 Å². The molecule has 1 amide bonds. The summed E-state index contributed by atoms with van der Waals surface area (Å²) in [5.41, 5.74) is 3.20.